The average molecular weight is 337 g/mol. The van der Waals surface area contributed by atoms with Gasteiger partial charge in [0.15, 0.2) is 0 Å². The molecular weight excluding hydrogens is 308 g/mol. The highest BCUT2D eigenvalue weighted by atomic mass is 35.5. The van der Waals surface area contributed by atoms with E-state index in [-0.39, 0.29) is 0 Å². The summed E-state index contributed by atoms with van der Waals surface area (Å²) in [5.41, 5.74) is 0. The largest absolute Gasteiger partial charge is 0.491 e. The van der Waals surface area contributed by atoms with Crippen molar-refractivity contribution in [2.24, 2.45) is 5.92 Å². The van der Waals surface area contributed by atoms with Crippen molar-refractivity contribution in [2.45, 2.75) is 32.1 Å². The second-order valence-corrected chi connectivity index (χ2v) is 7.33. The summed E-state index contributed by atoms with van der Waals surface area (Å²) in [5.74, 6) is 1.75. The minimum atomic E-state index is 0.699. The third-order valence-corrected chi connectivity index (χ3v) is 5.52. The van der Waals surface area contributed by atoms with Crippen molar-refractivity contribution in [3.05, 3.63) is 29.3 Å². The number of benzene rings is 1. The molecule has 2 aliphatic rings. The summed E-state index contributed by atoms with van der Waals surface area (Å²) in [5, 5.41) is 0.699. The van der Waals surface area contributed by atoms with Crippen LogP contribution in [0.3, 0.4) is 0 Å². The van der Waals surface area contributed by atoms with Gasteiger partial charge < -0.3 is 9.64 Å². The lowest BCUT2D eigenvalue weighted by molar-refractivity contribution is 0.0988. The standard InChI is InChI=1S/C19H29ClN2O/c20-18-8-4-5-9-19(18)23-15-14-21-10-12-22(13-11-21)16-17-6-2-1-3-7-17/h4-5,8-9,17H,1-3,6-7,10-16H2. The molecule has 1 aliphatic heterocycles. The molecule has 0 aromatic heterocycles. The first-order valence-electron chi connectivity index (χ1n) is 9.13. The normalized spacial score (nSPS) is 21.4. The van der Waals surface area contributed by atoms with Crippen LogP contribution in [0.25, 0.3) is 0 Å². The monoisotopic (exact) mass is 336 g/mol. The van der Waals surface area contributed by atoms with E-state index in [0.29, 0.717) is 11.6 Å². The van der Waals surface area contributed by atoms with Gasteiger partial charge in [-0.2, -0.15) is 0 Å². The highest BCUT2D eigenvalue weighted by Gasteiger charge is 2.21. The van der Waals surface area contributed by atoms with E-state index in [1.54, 1.807) is 0 Å². The molecule has 1 aromatic rings. The predicted octanol–water partition coefficient (Wildman–Crippen LogP) is 3.92. The zero-order valence-corrected chi connectivity index (χ0v) is 14.8. The fraction of sp³-hybridized carbons (Fsp3) is 0.684. The smallest absolute Gasteiger partial charge is 0.137 e. The van der Waals surface area contributed by atoms with Crippen molar-refractivity contribution >= 4 is 11.6 Å². The van der Waals surface area contributed by atoms with Gasteiger partial charge in [-0.25, -0.2) is 0 Å². The van der Waals surface area contributed by atoms with Crippen molar-refractivity contribution in [1.29, 1.82) is 0 Å². The maximum absolute atomic E-state index is 6.11. The van der Waals surface area contributed by atoms with Crippen LogP contribution in [0.2, 0.25) is 5.02 Å². The van der Waals surface area contributed by atoms with Gasteiger partial charge >= 0.3 is 0 Å². The third kappa shape index (κ3) is 5.37. The molecule has 3 rings (SSSR count). The summed E-state index contributed by atoms with van der Waals surface area (Å²) in [6, 6.07) is 7.71. The van der Waals surface area contributed by atoms with Crippen LogP contribution in [0.15, 0.2) is 24.3 Å². The van der Waals surface area contributed by atoms with Crippen LogP contribution in [0.4, 0.5) is 0 Å². The summed E-state index contributed by atoms with van der Waals surface area (Å²) in [7, 11) is 0. The summed E-state index contributed by atoms with van der Waals surface area (Å²) in [6.07, 6.45) is 7.25. The van der Waals surface area contributed by atoms with E-state index in [2.05, 4.69) is 9.80 Å². The Labute approximate surface area is 145 Å². The highest BCUT2D eigenvalue weighted by Crippen LogP contribution is 2.25. The quantitative estimate of drug-likeness (QED) is 0.783. The Morgan fingerprint density at radius 2 is 1.65 bits per heavy atom. The number of rotatable bonds is 6. The summed E-state index contributed by atoms with van der Waals surface area (Å²) in [6.45, 7) is 7.78. The second kappa shape index (κ2) is 8.91. The molecule has 0 unspecified atom stereocenters. The van der Waals surface area contributed by atoms with Gasteiger partial charge in [0.05, 0.1) is 5.02 Å². The van der Waals surface area contributed by atoms with Gasteiger partial charge in [-0.3, -0.25) is 4.90 Å². The molecule has 0 spiro atoms. The van der Waals surface area contributed by atoms with Crippen molar-refractivity contribution in [2.75, 3.05) is 45.9 Å². The fourth-order valence-corrected chi connectivity index (χ4v) is 3.97. The maximum atomic E-state index is 6.11. The Kier molecular flexibility index (Phi) is 6.61. The molecule has 4 heteroatoms. The Balaban J connectivity index is 1.32. The average Bonchev–Trinajstić information content (AvgIpc) is 2.59. The Hall–Kier alpha value is -0.770. The summed E-state index contributed by atoms with van der Waals surface area (Å²) >= 11 is 6.11. The lowest BCUT2D eigenvalue weighted by atomic mass is 9.89. The Morgan fingerprint density at radius 3 is 2.39 bits per heavy atom. The van der Waals surface area contributed by atoms with Crippen LogP contribution in [0.5, 0.6) is 5.75 Å². The number of nitrogens with zero attached hydrogens (tertiary/aromatic N) is 2. The molecule has 1 heterocycles. The minimum absolute atomic E-state index is 0.699. The molecule has 1 aromatic carbocycles. The number of piperazine rings is 1. The van der Waals surface area contributed by atoms with Crippen LogP contribution in [-0.2, 0) is 0 Å². The molecule has 0 amide bonds. The van der Waals surface area contributed by atoms with Crippen LogP contribution < -0.4 is 4.74 Å². The van der Waals surface area contributed by atoms with Gasteiger partial charge in [0.25, 0.3) is 0 Å². The Morgan fingerprint density at radius 1 is 0.957 bits per heavy atom. The maximum Gasteiger partial charge on any atom is 0.137 e. The van der Waals surface area contributed by atoms with Crippen LogP contribution >= 0.6 is 11.6 Å². The third-order valence-electron chi connectivity index (χ3n) is 5.21. The number of halogens is 1. The first-order chi connectivity index (χ1) is 11.3. The molecule has 0 radical (unpaired) electrons. The van der Waals surface area contributed by atoms with Gasteiger partial charge in [-0.15, -0.1) is 0 Å². The first-order valence-corrected chi connectivity index (χ1v) is 9.51. The SMILES string of the molecule is Clc1ccccc1OCCN1CCN(CC2CCCCC2)CC1. The molecule has 1 saturated carbocycles. The van der Waals surface area contributed by atoms with Crippen molar-refractivity contribution < 1.29 is 4.74 Å². The first kappa shape index (κ1) is 17.1. The molecule has 1 aliphatic carbocycles. The summed E-state index contributed by atoms with van der Waals surface area (Å²) in [4.78, 5) is 5.18. The second-order valence-electron chi connectivity index (χ2n) is 6.93. The van der Waals surface area contributed by atoms with E-state index in [4.69, 9.17) is 16.3 Å². The number of para-hydroxylation sites is 1. The predicted molar refractivity (Wildman–Crippen MR) is 96.4 cm³/mol. The minimum Gasteiger partial charge on any atom is -0.491 e. The van der Waals surface area contributed by atoms with E-state index < -0.39 is 0 Å². The molecule has 23 heavy (non-hydrogen) atoms. The molecule has 0 atom stereocenters. The van der Waals surface area contributed by atoms with Crippen LogP contribution in [-0.4, -0.2) is 55.7 Å². The van der Waals surface area contributed by atoms with Gasteiger partial charge in [-0.1, -0.05) is 43.0 Å². The number of hydrogen-bond donors (Lipinski definition) is 0. The molecule has 2 fully saturated rings. The lowest BCUT2D eigenvalue weighted by Gasteiger charge is -2.37. The molecule has 128 valence electrons. The van der Waals surface area contributed by atoms with E-state index in [0.717, 1.165) is 18.2 Å². The lowest BCUT2D eigenvalue weighted by Crippen LogP contribution is -2.48. The van der Waals surface area contributed by atoms with Gasteiger partial charge in [0.2, 0.25) is 0 Å². The molecule has 1 saturated heterocycles. The molecular formula is C19H29ClN2O. The van der Waals surface area contributed by atoms with Crippen molar-refractivity contribution in [1.82, 2.24) is 9.80 Å². The van der Waals surface area contributed by atoms with Gasteiger partial charge in [0.1, 0.15) is 12.4 Å². The number of hydrogen-bond acceptors (Lipinski definition) is 3. The molecule has 0 N–H and O–H groups in total. The fourth-order valence-electron chi connectivity index (χ4n) is 3.78. The van der Waals surface area contributed by atoms with E-state index in [1.165, 1.54) is 64.8 Å². The van der Waals surface area contributed by atoms with E-state index >= 15 is 0 Å². The van der Waals surface area contributed by atoms with Crippen LogP contribution in [0.1, 0.15) is 32.1 Å². The number of ether oxygens (including phenoxy) is 1. The van der Waals surface area contributed by atoms with Crippen molar-refractivity contribution in [3.8, 4) is 5.75 Å². The zero-order chi connectivity index (χ0) is 15.9. The van der Waals surface area contributed by atoms with Gasteiger partial charge in [0, 0.05) is 39.3 Å². The molecule has 3 nitrogen and oxygen atoms in total. The summed E-state index contributed by atoms with van der Waals surface area (Å²) < 4.78 is 5.80. The highest BCUT2D eigenvalue weighted by molar-refractivity contribution is 6.32. The Bertz CT molecular complexity index is 468. The molecule has 0 bridgehead atoms. The van der Waals surface area contributed by atoms with Crippen molar-refractivity contribution in [3.63, 3.8) is 0 Å². The van der Waals surface area contributed by atoms with E-state index in [1.807, 2.05) is 24.3 Å². The van der Waals surface area contributed by atoms with E-state index in [9.17, 15) is 0 Å². The topological polar surface area (TPSA) is 15.7 Å². The zero-order valence-electron chi connectivity index (χ0n) is 14.1. The van der Waals surface area contributed by atoms with Gasteiger partial charge in [-0.05, 0) is 30.9 Å². The van der Waals surface area contributed by atoms with Crippen LogP contribution in [0, 0.1) is 5.92 Å².